The van der Waals surface area contributed by atoms with Gasteiger partial charge in [0.15, 0.2) is 0 Å². The molecule has 0 atom stereocenters. The average molecular weight is 175 g/mol. The molecule has 0 aliphatic rings. The van der Waals surface area contributed by atoms with E-state index in [2.05, 4.69) is 0 Å². The van der Waals surface area contributed by atoms with E-state index in [9.17, 15) is 18.0 Å². The van der Waals surface area contributed by atoms with Crippen molar-refractivity contribution in [3.8, 4) is 0 Å². The molecular weight excluding hydrogens is 167 g/mol. The van der Waals surface area contributed by atoms with Gasteiger partial charge in [-0.15, -0.1) is 0 Å². The number of halogens is 3. The molecule has 0 spiro atoms. The number of rotatable bonds is 1. The van der Waals surface area contributed by atoms with Gasteiger partial charge in [0.05, 0.1) is 0 Å². The maximum atomic E-state index is 11.1. The lowest BCUT2D eigenvalue weighted by Gasteiger charge is -2.03. The van der Waals surface area contributed by atoms with Crippen LogP contribution >= 0.6 is 0 Å². The maximum Gasteiger partial charge on any atom is 0.405 e. The van der Waals surface area contributed by atoms with Crippen molar-refractivity contribution in [1.82, 2.24) is 5.32 Å². The standard InChI is InChI=1S/C3H4F3NO2.CH4O/c4-3(5,6)1-7-2(8)9;1-2/h7H,1H2,(H,8,9);2H,1H3. The van der Waals surface area contributed by atoms with Crippen LogP contribution in [0.4, 0.5) is 18.0 Å². The Labute approximate surface area is 60.6 Å². The van der Waals surface area contributed by atoms with Gasteiger partial charge in [-0.3, -0.25) is 0 Å². The largest absolute Gasteiger partial charge is 0.465 e. The molecule has 0 aromatic heterocycles. The normalized spacial score (nSPS) is 9.55. The quantitative estimate of drug-likeness (QED) is 0.541. The highest BCUT2D eigenvalue weighted by Crippen LogP contribution is 2.11. The molecule has 0 saturated carbocycles. The summed E-state index contributed by atoms with van der Waals surface area (Å²) in [5.41, 5.74) is 0. The molecule has 0 radical (unpaired) electrons. The maximum absolute atomic E-state index is 11.1. The van der Waals surface area contributed by atoms with Gasteiger partial charge >= 0.3 is 12.3 Å². The highest BCUT2D eigenvalue weighted by molar-refractivity contribution is 5.64. The van der Waals surface area contributed by atoms with Gasteiger partial charge in [0.1, 0.15) is 6.54 Å². The molecule has 0 aliphatic heterocycles. The summed E-state index contributed by atoms with van der Waals surface area (Å²) in [4.78, 5) is 9.43. The van der Waals surface area contributed by atoms with Gasteiger partial charge in [-0.25, -0.2) is 4.79 Å². The number of nitrogens with one attached hydrogen (secondary N) is 1. The number of alkyl halides is 3. The van der Waals surface area contributed by atoms with E-state index in [1.54, 1.807) is 0 Å². The van der Waals surface area contributed by atoms with Crippen molar-refractivity contribution in [2.24, 2.45) is 0 Å². The zero-order chi connectivity index (χ0) is 9.49. The summed E-state index contributed by atoms with van der Waals surface area (Å²) < 4.78 is 33.3. The van der Waals surface area contributed by atoms with Crippen molar-refractivity contribution in [2.45, 2.75) is 6.18 Å². The average Bonchev–Trinajstić information content (AvgIpc) is 1.87. The van der Waals surface area contributed by atoms with Crippen LogP contribution in [0.15, 0.2) is 0 Å². The number of aliphatic hydroxyl groups excluding tert-OH is 1. The van der Waals surface area contributed by atoms with Crippen molar-refractivity contribution < 1.29 is 28.2 Å². The van der Waals surface area contributed by atoms with Crippen LogP contribution in [0.25, 0.3) is 0 Å². The zero-order valence-electron chi connectivity index (χ0n) is 5.64. The summed E-state index contributed by atoms with van der Waals surface area (Å²) in [5, 5.41) is 15.8. The molecule has 11 heavy (non-hydrogen) atoms. The number of hydrogen-bond donors (Lipinski definition) is 3. The van der Waals surface area contributed by atoms with Gasteiger partial charge in [-0.1, -0.05) is 0 Å². The summed E-state index contributed by atoms with van der Waals surface area (Å²) in [7, 11) is 1.00. The summed E-state index contributed by atoms with van der Waals surface area (Å²) in [6.07, 6.45) is -6.13. The highest BCUT2D eigenvalue weighted by Gasteiger charge is 2.27. The summed E-state index contributed by atoms with van der Waals surface area (Å²) in [6.45, 7) is -1.50. The Hall–Kier alpha value is -0.980. The molecule has 0 heterocycles. The topological polar surface area (TPSA) is 69.6 Å². The zero-order valence-corrected chi connectivity index (χ0v) is 5.64. The summed E-state index contributed by atoms with van der Waals surface area (Å²) in [6, 6.07) is 0. The van der Waals surface area contributed by atoms with Crippen LogP contribution in [0.5, 0.6) is 0 Å². The Morgan fingerprint density at radius 2 is 1.82 bits per heavy atom. The first-order valence-electron chi connectivity index (χ1n) is 2.40. The Morgan fingerprint density at radius 1 is 1.45 bits per heavy atom. The SMILES string of the molecule is CO.O=C(O)NCC(F)(F)F. The fraction of sp³-hybridized carbons (Fsp3) is 0.750. The van der Waals surface area contributed by atoms with Crippen LogP contribution in [-0.2, 0) is 0 Å². The number of hydrogen-bond acceptors (Lipinski definition) is 2. The predicted molar refractivity (Wildman–Crippen MR) is 30.2 cm³/mol. The first-order chi connectivity index (χ1) is 4.92. The predicted octanol–water partition coefficient (Wildman–Crippen LogP) is 0.425. The van der Waals surface area contributed by atoms with Crippen LogP contribution in [0.1, 0.15) is 0 Å². The summed E-state index contributed by atoms with van der Waals surface area (Å²) in [5.74, 6) is 0. The van der Waals surface area contributed by atoms with Gasteiger partial charge in [0, 0.05) is 7.11 Å². The minimum atomic E-state index is -4.46. The highest BCUT2D eigenvalue weighted by atomic mass is 19.4. The molecule has 0 aromatic rings. The summed E-state index contributed by atoms with van der Waals surface area (Å²) >= 11 is 0. The molecule has 3 N–H and O–H groups in total. The van der Waals surface area contributed by atoms with Crippen LogP contribution in [0, 0.1) is 0 Å². The molecule has 1 amide bonds. The van der Waals surface area contributed by atoms with Crippen molar-refractivity contribution >= 4 is 6.09 Å². The van der Waals surface area contributed by atoms with E-state index in [0.717, 1.165) is 7.11 Å². The second-order valence-corrected chi connectivity index (χ2v) is 1.27. The molecule has 7 heteroatoms. The molecular formula is C4H8F3NO3. The third-order valence-corrected chi connectivity index (χ3v) is 0.440. The fourth-order valence-corrected chi connectivity index (χ4v) is 0.176. The van der Waals surface area contributed by atoms with Crippen molar-refractivity contribution in [3.63, 3.8) is 0 Å². The molecule has 0 rings (SSSR count). The first kappa shape index (κ1) is 12.7. The molecule has 4 nitrogen and oxygen atoms in total. The third kappa shape index (κ3) is 17.6. The van der Waals surface area contributed by atoms with E-state index >= 15 is 0 Å². The number of carbonyl (C=O) groups is 1. The molecule has 0 aliphatic carbocycles. The van der Waals surface area contributed by atoms with Crippen LogP contribution in [0.2, 0.25) is 0 Å². The van der Waals surface area contributed by atoms with Gasteiger partial charge in [0.2, 0.25) is 0 Å². The molecule has 0 unspecified atom stereocenters. The van der Waals surface area contributed by atoms with Crippen LogP contribution in [-0.4, -0.2) is 36.1 Å². The minimum absolute atomic E-state index is 1.00. The molecule has 0 saturated heterocycles. The van der Waals surface area contributed by atoms with E-state index in [4.69, 9.17) is 10.2 Å². The number of aliphatic hydroxyl groups is 1. The minimum Gasteiger partial charge on any atom is -0.465 e. The number of carboxylic acid groups (broad SMARTS) is 1. The molecule has 68 valence electrons. The van der Waals surface area contributed by atoms with E-state index in [1.165, 1.54) is 5.32 Å². The van der Waals surface area contributed by atoms with E-state index in [0.29, 0.717) is 0 Å². The monoisotopic (exact) mass is 175 g/mol. The van der Waals surface area contributed by atoms with Gasteiger partial charge in [0.25, 0.3) is 0 Å². The van der Waals surface area contributed by atoms with Crippen LogP contribution in [0.3, 0.4) is 0 Å². The first-order valence-corrected chi connectivity index (χ1v) is 2.40. The Morgan fingerprint density at radius 3 is 1.91 bits per heavy atom. The Kier molecular flexibility index (Phi) is 6.66. The lowest BCUT2D eigenvalue weighted by atomic mass is 10.6. The fourth-order valence-electron chi connectivity index (χ4n) is 0.176. The lowest BCUT2D eigenvalue weighted by Crippen LogP contribution is -2.32. The van der Waals surface area contributed by atoms with Gasteiger partial charge in [-0.05, 0) is 0 Å². The second kappa shape index (κ2) is 5.78. The van der Waals surface area contributed by atoms with Crippen molar-refractivity contribution in [3.05, 3.63) is 0 Å². The van der Waals surface area contributed by atoms with E-state index < -0.39 is 18.8 Å². The number of amides is 1. The smallest absolute Gasteiger partial charge is 0.405 e. The van der Waals surface area contributed by atoms with Gasteiger partial charge < -0.3 is 15.5 Å². The molecule has 0 bridgehead atoms. The lowest BCUT2D eigenvalue weighted by molar-refractivity contribution is -0.123. The van der Waals surface area contributed by atoms with Crippen LogP contribution < -0.4 is 5.32 Å². The molecule has 0 fully saturated rings. The third-order valence-electron chi connectivity index (χ3n) is 0.440. The van der Waals surface area contributed by atoms with E-state index in [1.807, 2.05) is 0 Å². The molecule has 0 aromatic carbocycles. The van der Waals surface area contributed by atoms with Gasteiger partial charge in [-0.2, -0.15) is 13.2 Å². The Balaban J connectivity index is 0. The Bertz CT molecular complexity index is 114. The van der Waals surface area contributed by atoms with Crippen molar-refractivity contribution in [1.29, 1.82) is 0 Å². The van der Waals surface area contributed by atoms with Crippen molar-refractivity contribution in [2.75, 3.05) is 13.7 Å². The van der Waals surface area contributed by atoms with E-state index in [-0.39, 0.29) is 0 Å². The second-order valence-electron chi connectivity index (χ2n) is 1.27.